The second kappa shape index (κ2) is 7.44. The first-order valence-corrected chi connectivity index (χ1v) is 8.59. The molecule has 0 spiro atoms. The highest BCUT2D eigenvalue weighted by Crippen LogP contribution is 2.33. The predicted octanol–water partition coefficient (Wildman–Crippen LogP) is 4.11. The molecule has 0 aliphatic carbocycles. The van der Waals surface area contributed by atoms with E-state index in [2.05, 4.69) is 5.32 Å². The number of methoxy groups -OCH3 is 1. The van der Waals surface area contributed by atoms with Crippen LogP contribution < -0.4 is 10.1 Å². The normalized spacial score (nSPS) is 15.8. The average Bonchev–Trinajstić information content (AvgIpc) is 2.88. The van der Waals surface area contributed by atoms with Gasteiger partial charge in [-0.15, -0.1) is 0 Å². The number of aryl methyl sites for hydroxylation is 1. The van der Waals surface area contributed by atoms with E-state index in [1.807, 2.05) is 55.5 Å². The molecule has 0 radical (unpaired) electrons. The van der Waals surface area contributed by atoms with Crippen molar-refractivity contribution in [2.24, 2.45) is 0 Å². The number of imide groups is 1. The summed E-state index contributed by atoms with van der Waals surface area (Å²) in [4.78, 5) is 26.3. The summed E-state index contributed by atoms with van der Waals surface area (Å²) < 4.78 is 5.28. The first-order chi connectivity index (χ1) is 12.1. The third kappa shape index (κ3) is 3.85. The molecular formula is C19H18N2O3S. The lowest BCUT2D eigenvalue weighted by Crippen LogP contribution is -2.33. The molecule has 0 saturated carbocycles. The topological polar surface area (TPSA) is 58.6 Å². The molecule has 128 valence electrons. The van der Waals surface area contributed by atoms with E-state index in [4.69, 9.17) is 4.74 Å². The van der Waals surface area contributed by atoms with Gasteiger partial charge in [-0.2, -0.15) is 0 Å². The Morgan fingerprint density at radius 2 is 1.84 bits per heavy atom. The summed E-state index contributed by atoms with van der Waals surface area (Å²) in [6.45, 7) is 2.14. The summed E-state index contributed by atoms with van der Waals surface area (Å²) in [6, 6.07) is 15.1. The van der Waals surface area contributed by atoms with Crippen molar-refractivity contribution in [3.8, 4) is 5.75 Å². The highest BCUT2D eigenvalue weighted by atomic mass is 32.2. The Morgan fingerprint density at radius 1 is 1.12 bits per heavy atom. The third-order valence-corrected chi connectivity index (χ3v) is 4.70. The number of ether oxygens (including phenoxy) is 1. The van der Waals surface area contributed by atoms with E-state index in [0.29, 0.717) is 10.7 Å². The van der Waals surface area contributed by atoms with Gasteiger partial charge in [0.05, 0.1) is 18.7 Å². The molecule has 1 aliphatic rings. The minimum atomic E-state index is -0.305. The van der Waals surface area contributed by atoms with Crippen LogP contribution in [0.2, 0.25) is 0 Å². The maximum atomic E-state index is 12.5. The summed E-state index contributed by atoms with van der Waals surface area (Å²) in [5, 5.41) is 2.81. The standard InChI is InChI=1S/C19H18N2O3S/c1-13-7-9-15(10-8-13)20-12-21-18(22)17(25-19(21)23)11-14-5-3-4-6-16(14)24-2/h3-11,20H,12H2,1-2H3. The van der Waals surface area contributed by atoms with Crippen LogP contribution in [0.15, 0.2) is 53.4 Å². The number of nitrogens with zero attached hydrogens (tertiary/aromatic N) is 1. The quantitative estimate of drug-likeness (QED) is 0.819. The van der Waals surface area contributed by atoms with Crippen LogP contribution in [0.25, 0.3) is 6.08 Å². The van der Waals surface area contributed by atoms with Gasteiger partial charge in [0.25, 0.3) is 11.1 Å². The van der Waals surface area contributed by atoms with E-state index in [0.717, 1.165) is 28.6 Å². The number of rotatable bonds is 5. The molecule has 0 bridgehead atoms. The van der Waals surface area contributed by atoms with Crippen LogP contribution in [0.3, 0.4) is 0 Å². The number of para-hydroxylation sites is 1. The molecule has 2 aromatic rings. The van der Waals surface area contributed by atoms with E-state index >= 15 is 0 Å². The number of anilines is 1. The molecule has 5 nitrogen and oxygen atoms in total. The van der Waals surface area contributed by atoms with Crippen molar-refractivity contribution in [2.45, 2.75) is 6.92 Å². The first kappa shape index (κ1) is 17.1. The molecule has 2 amide bonds. The van der Waals surface area contributed by atoms with Crippen LogP contribution in [-0.4, -0.2) is 29.8 Å². The Balaban J connectivity index is 1.73. The van der Waals surface area contributed by atoms with Gasteiger partial charge in [-0.3, -0.25) is 14.5 Å². The molecule has 1 heterocycles. The Kier molecular flexibility index (Phi) is 5.09. The number of thioether (sulfide) groups is 1. The van der Waals surface area contributed by atoms with Crippen LogP contribution in [-0.2, 0) is 4.79 Å². The van der Waals surface area contributed by atoms with E-state index in [9.17, 15) is 9.59 Å². The van der Waals surface area contributed by atoms with Crippen LogP contribution in [0.1, 0.15) is 11.1 Å². The van der Waals surface area contributed by atoms with Gasteiger partial charge in [0.2, 0.25) is 0 Å². The molecule has 1 saturated heterocycles. The molecule has 25 heavy (non-hydrogen) atoms. The molecule has 1 N–H and O–H groups in total. The Morgan fingerprint density at radius 3 is 2.56 bits per heavy atom. The summed E-state index contributed by atoms with van der Waals surface area (Å²) in [6.07, 6.45) is 1.69. The molecule has 1 fully saturated rings. The van der Waals surface area contributed by atoms with Crippen LogP contribution >= 0.6 is 11.8 Å². The summed E-state index contributed by atoms with van der Waals surface area (Å²) in [5.41, 5.74) is 2.77. The first-order valence-electron chi connectivity index (χ1n) is 7.77. The summed E-state index contributed by atoms with van der Waals surface area (Å²) in [7, 11) is 1.57. The van der Waals surface area contributed by atoms with E-state index in [1.54, 1.807) is 13.2 Å². The Hall–Kier alpha value is -2.73. The number of nitrogens with one attached hydrogen (secondary N) is 1. The monoisotopic (exact) mass is 354 g/mol. The zero-order valence-electron chi connectivity index (χ0n) is 14.0. The zero-order chi connectivity index (χ0) is 17.8. The number of hydrogen-bond acceptors (Lipinski definition) is 5. The second-order valence-electron chi connectivity index (χ2n) is 5.55. The number of hydrogen-bond donors (Lipinski definition) is 1. The molecule has 6 heteroatoms. The fraction of sp³-hybridized carbons (Fsp3) is 0.158. The number of carbonyl (C=O) groups is 2. The minimum absolute atomic E-state index is 0.136. The van der Waals surface area contributed by atoms with Gasteiger partial charge in [-0.25, -0.2) is 0 Å². The largest absolute Gasteiger partial charge is 0.496 e. The van der Waals surface area contributed by atoms with E-state index in [1.165, 1.54) is 4.90 Å². The maximum absolute atomic E-state index is 12.5. The molecular weight excluding hydrogens is 336 g/mol. The van der Waals surface area contributed by atoms with Crippen LogP contribution in [0, 0.1) is 6.92 Å². The second-order valence-corrected chi connectivity index (χ2v) is 6.55. The fourth-order valence-corrected chi connectivity index (χ4v) is 3.23. The molecule has 0 unspecified atom stereocenters. The minimum Gasteiger partial charge on any atom is -0.496 e. The molecule has 3 rings (SSSR count). The lowest BCUT2D eigenvalue weighted by molar-refractivity contribution is -0.122. The predicted molar refractivity (Wildman–Crippen MR) is 100 cm³/mol. The lowest BCUT2D eigenvalue weighted by atomic mass is 10.2. The van der Waals surface area contributed by atoms with Gasteiger partial charge < -0.3 is 10.1 Å². The highest BCUT2D eigenvalue weighted by Gasteiger charge is 2.34. The van der Waals surface area contributed by atoms with Gasteiger partial charge in [-0.05, 0) is 43.0 Å². The van der Waals surface area contributed by atoms with E-state index < -0.39 is 0 Å². The van der Waals surface area contributed by atoms with Crippen molar-refractivity contribution in [1.82, 2.24) is 4.90 Å². The molecule has 0 atom stereocenters. The smallest absolute Gasteiger partial charge is 0.295 e. The SMILES string of the molecule is COc1ccccc1C=C1SC(=O)N(CNc2ccc(C)cc2)C1=O. The fourth-order valence-electron chi connectivity index (χ4n) is 2.40. The Labute approximate surface area is 150 Å². The van der Waals surface area contributed by atoms with Crippen molar-refractivity contribution in [1.29, 1.82) is 0 Å². The van der Waals surface area contributed by atoms with Crippen molar-refractivity contribution < 1.29 is 14.3 Å². The summed E-state index contributed by atoms with van der Waals surface area (Å²) in [5.74, 6) is 0.354. The third-order valence-electron chi connectivity index (χ3n) is 3.79. The lowest BCUT2D eigenvalue weighted by Gasteiger charge is -2.14. The number of carbonyl (C=O) groups excluding carboxylic acids is 2. The molecule has 0 aromatic heterocycles. The van der Waals surface area contributed by atoms with Gasteiger partial charge in [0.1, 0.15) is 5.75 Å². The maximum Gasteiger partial charge on any atom is 0.295 e. The number of benzene rings is 2. The van der Waals surface area contributed by atoms with Gasteiger partial charge in [0.15, 0.2) is 0 Å². The highest BCUT2D eigenvalue weighted by molar-refractivity contribution is 8.18. The summed E-state index contributed by atoms with van der Waals surface area (Å²) >= 11 is 0.936. The Bertz CT molecular complexity index is 831. The van der Waals surface area contributed by atoms with Crippen LogP contribution in [0.5, 0.6) is 5.75 Å². The van der Waals surface area contributed by atoms with Crippen molar-refractivity contribution in [2.75, 3.05) is 19.1 Å². The van der Waals surface area contributed by atoms with Crippen LogP contribution in [0.4, 0.5) is 10.5 Å². The van der Waals surface area contributed by atoms with Gasteiger partial charge >= 0.3 is 0 Å². The average molecular weight is 354 g/mol. The van der Waals surface area contributed by atoms with E-state index in [-0.39, 0.29) is 17.8 Å². The van der Waals surface area contributed by atoms with Crippen molar-refractivity contribution >= 4 is 34.7 Å². The zero-order valence-corrected chi connectivity index (χ0v) is 14.8. The van der Waals surface area contributed by atoms with Crippen molar-refractivity contribution in [3.63, 3.8) is 0 Å². The molecule has 2 aromatic carbocycles. The van der Waals surface area contributed by atoms with Crippen molar-refractivity contribution in [3.05, 3.63) is 64.6 Å². The van der Waals surface area contributed by atoms with Gasteiger partial charge in [0, 0.05) is 11.3 Å². The molecule has 1 aliphatic heterocycles. The number of amides is 2. The van der Waals surface area contributed by atoms with Gasteiger partial charge in [-0.1, -0.05) is 35.9 Å².